The van der Waals surface area contributed by atoms with Gasteiger partial charge in [-0.2, -0.15) is 5.10 Å². The van der Waals surface area contributed by atoms with E-state index in [1.807, 2.05) is 12.1 Å². The molecule has 0 saturated carbocycles. The van der Waals surface area contributed by atoms with E-state index in [4.69, 9.17) is 4.74 Å². The Labute approximate surface area is 167 Å². The fraction of sp³-hybridized carbons (Fsp3) is 0.381. The number of phenolic OH excluding ortho intramolecular Hbond substituents is 1. The molecule has 0 spiro atoms. The van der Waals surface area contributed by atoms with Gasteiger partial charge in [-0.05, 0) is 37.1 Å². The first-order valence-electron chi connectivity index (χ1n) is 9.91. The Morgan fingerprint density at radius 2 is 2.03 bits per heavy atom. The van der Waals surface area contributed by atoms with Crippen LogP contribution in [-0.4, -0.2) is 49.9 Å². The summed E-state index contributed by atoms with van der Waals surface area (Å²) in [6.07, 6.45) is 3.70. The summed E-state index contributed by atoms with van der Waals surface area (Å²) in [7, 11) is 0. The van der Waals surface area contributed by atoms with Crippen LogP contribution in [0, 0.1) is 0 Å². The summed E-state index contributed by atoms with van der Waals surface area (Å²) in [5.74, 6) is 0.394. The zero-order valence-corrected chi connectivity index (χ0v) is 15.8. The second-order valence-electron chi connectivity index (χ2n) is 7.70. The molecule has 0 unspecified atom stereocenters. The number of aromatic amines is 1. The average molecular weight is 395 g/mol. The molecule has 0 amide bonds. The lowest BCUT2D eigenvalue weighted by molar-refractivity contribution is 0.00652. The van der Waals surface area contributed by atoms with Crippen LogP contribution in [0.15, 0.2) is 42.6 Å². The van der Waals surface area contributed by atoms with Gasteiger partial charge in [-0.3, -0.25) is 5.10 Å². The Hall–Kier alpha value is -3.00. The van der Waals surface area contributed by atoms with E-state index in [0.717, 1.165) is 30.5 Å². The van der Waals surface area contributed by atoms with E-state index in [-0.39, 0.29) is 11.8 Å². The Morgan fingerprint density at radius 3 is 2.79 bits per heavy atom. The first-order chi connectivity index (χ1) is 14.2. The maximum absolute atomic E-state index is 14.7. The number of halogens is 1. The Bertz CT molecular complexity index is 979. The highest BCUT2D eigenvalue weighted by molar-refractivity contribution is 5.72. The van der Waals surface area contributed by atoms with Crippen LogP contribution in [0.2, 0.25) is 0 Å². The molecule has 2 aromatic heterocycles. The predicted molar refractivity (Wildman–Crippen MR) is 105 cm³/mol. The minimum atomic E-state index is -1.05. The molecule has 7 nitrogen and oxygen atoms in total. The smallest absolute Gasteiger partial charge is 0.233 e. The molecule has 2 aliphatic heterocycles. The van der Waals surface area contributed by atoms with Gasteiger partial charge in [0.1, 0.15) is 11.9 Å². The van der Waals surface area contributed by atoms with Gasteiger partial charge in [-0.1, -0.05) is 12.5 Å². The third kappa shape index (κ3) is 3.55. The molecular formula is C21H22FN5O2. The van der Waals surface area contributed by atoms with Gasteiger partial charge in [0.05, 0.1) is 11.4 Å². The Morgan fingerprint density at radius 1 is 1.10 bits per heavy atom. The van der Waals surface area contributed by atoms with E-state index in [0.29, 0.717) is 29.6 Å². The minimum Gasteiger partial charge on any atom is -0.507 e. The summed E-state index contributed by atoms with van der Waals surface area (Å²) in [5, 5.41) is 28.8. The van der Waals surface area contributed by atoms with E-state index in [9.17, 15) is 9.50 Å². The maximum Gasteiger partial charge on any atom is 0.233 e. The number of nitrogens with zero attached hydrogens (tertiary/aromatic N) is 3. The summed E-state index contributed by atoms with van der Waals surface area (Å²) in [6, 6.07) is 10.7. The van der Waals surface area contributed by atoms with Crippen molar-refractivity contribution in [1.82, 2.24) is 25.7 Å². The molecule has 2 saturated heterocycles. The molecule has 1 aromatic carbocycles. The highest BCUT2D eigenvalue weighted by Gasteiger charge is 2.41. The number of hydrogen-bond acceptors (Lipinski definition) is 6. The average Bonchev–Trinajstić information content (AvgIpc) is 3.28. The molecule has 150 valence electrons. The standard InChI is InChI=1S/C21H22FN5O2/c22-21-17-3-1-2-13(24-17)11-19(21)29-20-7-6-16(26-27-20)14-5-4-12(10-18(14)28)15-8-9-23-25-15/h4-10,13,17,19,21,24,28H,1-3,11H2,(H,23,25)/t13-,17+,19-,21+/m0/s1. The molecular weight excluding hydrogens is 373 g/mol. The first kappa shape index (κ1) is 18.1. The zero-order chi connectivity index (χ0) is 19.8. The van der Waals surface area contributed by atoms with Crippen molar-refractivity contribution in [3.05, 3.63) is 42.6 Å². The van der Waals surface area contributed by atoms with Crippen molar-refractivity contribution in [1.29, 1.82) is 0 Å². The van der Waals surface area contributed by atoms with Crippen molar-refractivity contribution in [2.75, 3.05) is 0 Å². The molecule has 8 heteroatoms. The normalized spacial score (nSPS) is 26.2. The van der Waals surface area contributed by atoms with E-state index in [1.165, 1.54) is 0 Å². The summed E-state index contributed by atoms with van der Waals surface area (Å²) < 4.78 is 20.5. The molecule has 3 N–H and O–H groups in total. The number of hydrogen-bond donors (Lipinski definition) is 3. The number of H-pyrrole nitrogens is 1. The van der Waals surface area contributed by atoms with Crippen molar-refractivity contribution in [3.63, 3.8) is 0 Å². The number of alkyl halides is 1. The van der Waals surface area contributed by atoms with Crippen LogP contribution in [0.25, 0.3) is 22.5 Å². The molecule has 4 heterocycles. The van der Waals surface area contributed by atoms with E-state index < -0.39 is 12.3 Å². The van der Waals surface area contributed by atoms with Crippen molar-refractivity contribution in [3.8, 4) is 34.1 Å². The second-order valence-corrected chi connectivity index (χ2v) is 7.70. The van der Waals surface area contributed by atoms with Crippen LogP contribution in [0.4, 0.5) is 4.39 Å². The highest BCUT2D eigenvalue weighted by atomic mass is 19.1. The monoisotopic (exact) mass is 395 g/mol. The number of benzene rings is 1. The van der Waals surface area contributed by atoms with Crippen LogP contribution in [-0.2, 0) is 0 Å². The van der Waals surface area contributed by atoms with Crippen LogP contribution in [0.1, 0.15) is 25.7 Å². The number of ether oxygens (including phenoxy) is 1. The molecule has 0 radical (unpaired) electrons. The van der Waals surface area contributed by atoms with Crippen LogP contribution in [0.5, 0.6) is 11.6 Å². The number of rotatable bonds is 4. The van der Waals surface area contributed by atoms with E-state index >= 15 is 0 Å². The van der Waals surface area contributed by atoms with Gasteiger partial charge in [0.15, 0.2) is 6.17 Å². The molecule has 4 atom stereocenters. The van der Waals surface area contributed by atoms with E-state index in [1.54, 1.807) is 30.5 Å². The lowest BCUT2D eigenvalue weighted by Gasteiger charge is -2.42. The van der Waals surface area contributed by atoms with Gasteiger partial charge in [-0.25, -0.2) is 4.39 Å². The van der Waals surface area contributed by atoms with Crippen LogP contribution >= 0.6 is 0 Å². The van der Waals surface area contributed by atoms with Gasteiger partial charge in [0.2, 0.25) is 5.88 Å². The molecule has 5 rings (SSSR count). The quantitative estimate of drug-likeness (QED) is 0.628. The third-order valence-electron chi connectivity index (χ3n) is 5.77. The fourth-order valence-corrected chi connectivity index (χ4v) is 4.29. The van der Waals surface area contributed by atoms with Crippen molar-refractivity contribution in [2.24, 2.45) is 0 Å². The minimum absolute atomic E-state index is 0.0927. The number of nitrogens with one attached hydrogen (secondary N) is 2. The van der Waals surface area contributed by atoms with E-state index in [2.05, 4.69) is 25.7 Å². The van der Waals surface area contributed by atoms with Gasteiger partial charge >= 0.3 is 0 Å². The SMILES string of the molecule is Oc1cc(-c2ccn[nH]2)ccc1-c1ccc(O[C@H]2C[C@@H]3CCC[C@@H](N3)[C@H]2F)nn1. The number of piperidine rings is 2. The lowest BCUT2D eigenvalue weighted by Crippen LogP contribution is -2.59. The number of aromatic nitrogens is 4. The zero-order valence-electron chi connectivity index (χ0n) is 15.8. The largest absolute Gasteiger partial charge is 0.507 e. The lowest BCUT2D eigenvalue weighted by atomic mass is 9.84. The Kier molecular flexibility index (Phi) is 4.63. The summed E-state index contributed by atoms with van der Waals surface area (Å²) >= 11 is 0. The molecule has 2 fully saturated rings. The van der Waals surface area contributed by atoms with Crippen LogP contribution < -0.4 is 10.1 Å². The van der Waals surface area contributed by atoms with Gasteiger partial charge in [0.25, 0.3) is 0 Å². The van der Waals surface area contributed by atoms with Gasteiger partial charge < -0.3 is 15.2 Å². The van der Waals surface area contributed by atoms with Crippen molar-refractivity contribution >= 4 is 0 Å². The summed E-state index contributed by atoms with van der Waals surface area (Å²) in [5.41, 5.74) is 2.72. The molecule has 2 bridgehead atoms. The highest BCUT2D eigenvalue weighted by Crippen LogP contribution is 2.33. The van der Waals surface area contributed by atoms with Gasteiger partial charge in [0, 0.05) is 41.9 Å². The van der Waals surface area contributed by atoms with Crippen molar-refractivity contribution in [2.45, 2.75) is 50.0 Å². The first-order valence-corrected chi connectivity index (χ1v) is 9.91. The van der Waals surface area contributed by atoms with Crippen LogP contribution in [0.3, 0.4) is 0 Å². The molecule has 29 heavy (non-hydrogen) atoms. The summed E-state index contributed by atoms with van der Waals surface area (Å²) in [4.78, 5) is 0. The molecule has 3 aromatic rings. The summed E-state index contributed by atoms with van der Waals surface area (Å²) in [6.45, 7) is 0. The second kappa shape index (κ2) is 7.44. The predicted octanol–water partition coefficient (Wildman–Crippen LogP) is 3.24. The maximum atomic E-state index is 14.7. The molecule has 0 aliphatic carbocycles. The number of aromatic hydroxyl groups is 1. The van der Waals surface area contributed by atoms with Crippen molar-refractivity contribution < 1.29 is 14.2 Å². The van der Waals surface area contributed by atoms with Gasteiger partial charge in [-0.15, -0.1) is 10.2 Å². The number of phenols is 1. The third-order valence-corrected chi connectivity index (χ3v) is 5.77. The topological polar surface area (TPSA) is 96.0 Å². The molecule has 2 aliphatic rings. The number of fused-ring (bicyclic) bond motifs is 2. The Balaban J connectivity index is 1.31. The fourth-order valence-electron chi connectivity index (χ4n) is 4.29.